The lowest BCUT2D eigenvalue weighted by Crippen LogP contribution is -2.52. The normalized spacial score (nSPS) is 18.8. The minimum Gasteiger partial charge on any atom is -0.344 e. The number of imide groups is 1. The van der Waals surface area contributed by atoms with Gasteiger partial charge in [0.15, 0.2) is 0 Å². The van der Waals surface area contributed by atoms with Crippen LogP contribution in [0.5, 0.6) is 0 Å². The molecule has 1 aromatic rings. The van der Waals surface area contributed by atoms with Crippen LogP contribution in [0.4, 0.5) is 0 Å². The van der Waals surface area contributed by atoms with Gasteiger partial charge in [-0.1, -0.05) is 6.07 Å². The van der Waals surface area contributed by atoms with E-state index in [-0.39, 0.29) is 18.2 Å². The van der Waals surface area contributed by atoms with E-state index >= 15 is 0 Å². The smallest absolute Gasteiger partial charge is 0.249 e. The summed E-state index contributed by atoms with van der Waals surface area (Å²) in [6.07, 6.45) is 4.88. The molecule has 0 radical (unpaired) electrons. The maximum Gasteiger partial charge on any atom is 0.249 e. The molecule has 0 aliphatic carbocycles. The first-order chi connectivity index (χ1) is 9.15. The molecular weight excluding hydrogens is 246 g/mol. The highest BCUT2D eigenvalue weighted by atomic mass is 16.2. The van der Waals surface area contributed by atoms with Crippen molar-refractivity contribution in [2.75, 3.05) is 0 Å². The molecule has 19 heavy (non-hydrogen) atoms. The summed E-state index contributed by atoms with van der Waals surface area (Å²) < 4.78 is 0. The fourth-order valence-electron chi connectivity index (χ4n) is 1.90. The van der Waals surface area contributed by atoms with E-state index in [1.807, 2.05) is 12.1 Å². The lowest BCUT2D eigenvalue weighted by atomic mass is 10.1. The van der Waals surface area contributed by atoms with Crippen LogP contribution in [0.3, 0.4) is 0 Å². The number of carbonyl (C=O) groups is 3. The average Bonchev–Trinajstić information content (AvgIpc) is 2.41. The predicted molar refractivity (Wildman–Crippen MR) is 66.9 cm³/mol. The maximum absolute atomic E-state index is 11.7. The summed E-state index contributed by atoms with van der Waals surface area (Å²) in [7, 11) is 0. The average molecular weight is 261 g/mol. The molecule has 1 aliphatic heterocycles. The molecule has 100 valence electrons. The van der Waals surface area contributed by atoms with Crippen molar-refractivity contribution in [3.63, 3.8) is 0 Å². The number of aryl methyl sites for hydroxylation is 1. The highest BCUT2D eigenvalue weighted by molar-refractivity contribution is 6.01. The van der Waals surface area contributed by atoms with Crippen molar-refractivity contribution in [1.82, 2.24) is 15.6 Å². The lowest BCUT2D eigenvalue weighted by molar-refractivity contribution is -0.137. The summed E-state index contributed by atoms with van der Waals surface area (Å²) in [4.78, 5) is 38.1. The maximum atomic E-state index is 11.7. The second-order valence-corrected chi connectivity index (χ2v) is 4.43. The molecule has 1 aromatic heterocycles. The first-order valence-electron chi connectivity index (χ1n) is 6.17. The molecule has 0 spiro atoms. The number of piperidine rings is 1. The number of pyridine rings is 1. The van der Waals surface area contributed by atoms with Gasteiger partial charge in [-0.05, 0) is 24.5 Å². The van der Waals surface area contributed by atoms with E-state index < -0.39 is 11.9 Å². The number of hydrogen-bond acceptors (Lipinski definition) is 4. The topological polar surface area (TPSA) is 88.2 Å². The van der Waals surface area contributed by atoms with Gasteiger partial charge in [0.25, 0.3) is 0 Å². The van der Waals surface area contributed by atoms with E-state index in [1.165, 1.54) is 0 Å². The molecule has 2 rings (SSSR count). The Morgan fingerprint density at radius 2 is 2.32 bits per heavy atom. The zero-order chi connectivity index (χ0) is 13.7. The standard InChI is InChI=1S/C13H15N3O3/c17-11(5-3-9-2-1-7-14-8-9)15-10-4-6-12(18)16-13(10)19/h1-2,7-8,10H,3-6H2,(H,15,17)(H,16,18,19). The Morgan fingerprint density at radius 3 is 3.00 bits per heavy atom. The summed E-state index contributed by atoms with van der Waals surface area (Å²) >= 11 is 0. The SMILES string of the molecule is O=C1CCC(NC(=O)CCc2cccnc2)C(=O)N1. The fraction of sp³-hybridized carbons (Fsp3) is 0.385. The van der Waals surface area contributed by atoms with Crippen molar-refractivity contribution in [2.24, 2.45) is 0 Å². The Morgan fingerprint density at radius 1 is 1.47 bits per heavy atom. The van der Waals surface area contributed by atoms with Gasteiger partial charge in [0, 0.05) is 25.2 Å². The molecule has 2 N–H and O–H groups in total. The van der Waals surface area contributed by atoms with Crippen molar-refractivity contribution in [3.05, 3.63) is 30.1 Å². The molecule has 1 saturated heterocycles. The van der Waals surface area contributed by atoms with Gasteiger partial charge in [0.1, 0.15) is 6.04 Å². The number of carbonyl (C=O) groups excluding carboxylic acids is 3. The Balaban J connectivity index is 1.78. The summed E-state index contributed by atoms with van der Waals surface area (Å²) in [6.45, 7) is 0. The van der Waals surface area contributed by atoms with Crippen LogP contribution in [0.1, 0.15) is 24.8 Å². The fourth-order valence-corrected chi connectivity index (χ4v) is 1.90. The molecular formula is C13H15N3O3. The zero-order valence-corrected chi connectivity index (χ0v) is 10.4. The Kier molecular flexibility index (Phi) is 4.22. The number of nitrogens with zero attached hydrogens (tertiary/aromatic N) is 1. The number of hydrogen-bond donors (Lipinski definition) is 2. The van der Waals surface area contributed by atoms with E-state index in [1.54, 1.807) is 12.4 Å². The minimum atomic E-state index is -0.598. The Labute approximate surface area is 110 Å². The van der Waals surface area contributed by atoms with Gasteiger partial charge in [-0.25, -0.2) is 0 Å². The van der Waals surface area contributed by atoms with Crippen molar-refractivity contribution in [1.29, 1.82) is 0 Å². The van der Waals surface area contributed by atoms with Gasteiger partial charge in [0.05, 0.1) is 0 Å². The number of amides is 3. The third-order valence-corrected chi connectivity index (χ3v) is 2.94. The quantitative estimate of drug-likeness (QED) is 0.743. The van der Waals surface area contributed by atoms with Gasteiger partial charge in [0.2, 0.25) is 17.7 Å². The molecule has 1 fully saturated rings. The molecule has 0 bridgehead atoms. The Bertz CT molecular complexity index is 487. The van der Waals surface area contributed by atoms with Crippen LogP contribution in [0.2, 0.25) is 0 Å². The predicted octanol–water partition coefficient (Wildman–Crippen LogP) is -0.0644. The van der Waals surface area contributed by atoms with Crippen LogP contribution in [0.15, 0.2) is 24.5 Å². The highest BCUT2D eigenvalue weighted by Crippen LogP contribution is 2.05. The number of aromatic nitrogens is 1. The number of rotatable bonds is 4. The van der Waals surface area contributed by atoms with Crippen LogP contribution in [0.25, 0.3) is 0 Å². The molecule has 1 unspecified atom stereocenters. The largest absolute Gasteiger partial charge is 0.344 e. The summed E-state index contributed by atoms with van der Waals surface area (Å²) in [5.41, 5.74) is 0.973. The number of nitrogens with one attached hydrogen (secondary N) is 2. The van der Waals surface area contributed by atoms with Crippen LogP contribution >= 0.6 is 0 Å². The van der Waals surface area contributed by atoms with E-state index in [0.29, 0.717) is 19.3 Å². The van der Waals surface area contributed by atoms with Crippen LogP contribution in [-0.2, 0) is 20.8 Å². The summed E-state index contributed by atoms with van der Waals surface area (Å²) in [5, 5.41) is 4.84. The van der Waals surface area contributed by atoms with Crippen molar-refractivity contribution < 1.29 is 14.4 Å². The molecule has 1 atom stereocenters. The van der Waals surface area contributed by atoms with Gasteiger partial charge < -0.3 is 5.32 Å². The van der Waals surface area contributed by atoms with Crippen molar-refractivity contribution in [2.45, 2.75) is 31.7 Å². The van der Waals surface area contributed by atoms with E-state index in [0.717, 1.165) is 5.56 Å². The second-order valence-electron chi connectivity index (χ2n) is 4.43. The minimum absolute atomic E-state index is 0.196. The summed E-state index contributed by atoms with van der Waals surface area (Å²) in [5.74, 6) is -0.907. The highest BCUT2D eigenvalue weighted by Gasteiger charge is 2.27. The monoisotopic (exact) mass is 261 g/mol. The zero-order valence-electron chi connectivity index (χ0n) is 10.4. The van der Waals surface area contributed by atoms with Crippen LogP contribution < -0.4 is 10.6 Å². The first kappa shape index (κ1) is 13.2. The van der Waals surface area contributed by atoms with Crippen molar-refractivity contribution >= 4 is 17.7 Å². The molecule has 6 nitrogen and oxygen atoms in total. The Hall–Kier alpha value is -2.24. The van der Waals surface area contributed by atoms with E-state index in [9.17, 15) is 14.4 Å². The van der Waals surface area contributed by atoms with E-state index in [4.69, 9.17) is 0 Å². The molecule has 3 amide bonds. The third kappa shape index (κ3) is 3.87. The summed E-state index contributed by atoms with van der Waals surface area (Å²) in [6, 6.07) is 3.11. The van der Waals surface area contributed by atoms with Crippen LogP contribution in [0, 0.1) is 0 Å². The van der Waals surface area contributed by atoms with Gasteiger partial charge >= 0.3 is 0 Å². The molecule has 2 heterocycles. The third-order valence-electron chi connectivity index (χ3n) is 2.94. The second kappa shape index (κ2) is 6.08. The van der Waals surface area contributed by atoms with Gasteiger partial charge in [-0.15, -0.1) is 0 Å². The van der Waals surface area contributed by atoms with Gasteiger partial charge in [-0.3, -0.25) is 24.7 Å². The molecule has 6 heteroatoms. The first-order valence-corrected chi connectivity index (χ1v) is 6.17. The molecule has 0 saturated carbocycles. The van der Waals surface area contributed by atoms with Crippen molar-refractivity contribution in [3.8, 4) is 0 Å². The lowest BCUT2D eigenvalue weighted by Gasteiger charge is -2.21. The van der Waals surface area contributed by atoms with Crippen LogP contribution in [-0.4, -0.2) is 28.7 Å². The molecule has 1 aliphatic rings. The van der Waals surface area contributed by atoms with Gasteiger partial charge in [-0.2, -0.15) is 0 Å². The van der Waals surface area contributed by atoms with E-state index in [2.05, 4.69) is 15.6 Å². The molecule has 0 aromatic carbocycles.